The van der Waals surface area contributed by atoms with E-state index in [0.29, 0.717) is 49.4 Å². The molecule has 0 aromatic heterocycles. The van der Waals surface area contributed by atoms with Gasteiger partial charge < -0.3 is 16.0 Å². The summed E-state index contributed by atoms with van der Waals surface area (Å²) < 4.78 is 27.2. The van der Waals surface area contributed by atoms with Crippen molar-refractivity contribution < 1.29 is 18.4 Å². The van der Waals surface area contributed by atoms with Crippen molar-refractivity contribution in [3.05, 3.63) is 41.0 Å². The Balaban J connectivity index is 1.90. The van der Waals surface area contributed by atoms with Crippen LogP contribution in [0.25, 0.3) is 5.70 Å². The number of nitrogens with two attached hydrogens (primary N) is 1. The number of aliphatic imine (C=N–C) groups is 1. The first-order chi connectivity index (χ1) is 16.0. The zero-order valence-corrected chi connectivity index (χ0v) is 20.5. The molecule has 1 unspecified atom stereocenters. The van der Waals surface area contributed by atoms with E-state index < -0.39 is 29.1 Å². The fraction of sp³-hybridized carbons (Fsp3) is 0.560. The minimum Gasteiger partial charge on any atom is -0.398 e. The molecule has 186 valence electrons. The maximum atomic E-state index is 13.8. The Morgan fingerprint density at radius 1 is 1.15 bits per heavy atom. The summed E-state index contributed by atoms with van der Waals surface area (Å²) >= 11 is 0. The normalized spacial score (nSPS) is 21.0. The Labute approximate surface area is 200 Å². The minimum absolute atomic E-state index is 0.101. The number of carbonyl (C=O) groups is 2. The molecule has 1 atom stereocenters. The highest BCUT2D eigenvalue weighted by atomic mass is 19.2. The van der Waals surface area contributed by atoms with Crippen LogP contribution in [-0.2, 0) is 4.79 Å². The van der Waals surface area contributed by atoms with Crippen LogP contribution in [0, 0.1) is 17.0 Å². The number of halogens is 2. The Morgan fingerprint density at radius 2 is 1.82 bits per heavy atom. The molecule has 1 aromatic carbocycles. The quantitative estimate of drug-likeness (QED) is 0.697. The number of nitrogens with zero attached hydrogens (tertiary/aromatic N) is 3. The standard InChI is InChI=1S/C25H35F2N5O2/c1-5-31-13-10-20(17(15-31)21(28)16-8-9-18(26)19(27)14-16)29-24(34)30-22(25(2,3)4)23(33)32-11-6-7-12-32/h8-9,14,22H,5-7,10-13,15,28H2,1-4H3,(H,30,34). The van der Waals surface area contributed by atoms with Crippen LogP contribution in [0.4, 0.5) is 13.6 Å². The van der Waals surface area contributed by atoms with Gasteiger partial charge in [-0.15, -0.1) is 0 Å². The van der Waals surface area contributed by atoms with E-state index in [0.717, 1.165) is 31.5 Å². The number of hydrogen-bond acceptors (Lipinski definition) is 4. The van der Waals surface area contributed by atoms with Gasteiger partial charge in [0.1, 0.15) is 6.04 Å². The largest absolute Gasteiger partial charge is 0.398 e. The fourth-order valence-electron chi connectivity index (χ4n) is 4.33. The van der Waals surface area contributed by atoms with Crippen LogP contribution in [0.1, 0.15) is 52.5 Å². The third-order valence-electron chi connectivity index (χ3n) is 6.43. The van der Waals surface area contributed by atoms with Gasteiger partial charge in [-0.25, -0.2) is 13.6 Å². The van der Waals surface area contributed by atoms with E-state index in [1.807, 2.05) is 27.7 Å². The predicted molar refractivity (Wildman–Crippen MR) is 129 cm³/mol. The molecule has 2 fully saturated rings. The van der Waals surface area contributed by atoms with Crippen molar-refractivity contribution in [2.75, 3.05) is 32.7 Å². The van der Waals surface area contributed by atoms with Crippen molar-refractivity contribution in [3.63, 3.8) is 0 Å². The summed E-state index contributed by atoms with van der Waals surface area (Å²) in [5.74, 6) is -2.05. The molecule has 1 aromatic rings. The van der Waals surface area contributed by atoms with Crippen LogP contribution in [0.3, 0.4) is 0 Å². The molecule has 9 heteroatoms. The van der Waals surface area contributed by atoms with Gasteiger partial charge in [0.15, 0.2) is 11.6 Å². The predicted octanol–water partition coefficient (Wildman–Crippen LogP) is 3.55. The maximum Gasteiger partial charge on any atom is 0.341 e. The first kappa shape index (κ1) is 25.8. The van der Waals surface area contributed by atoms with Gasteiger partial charge in [0.05, 0.1) is 5.71 Å². The summed E-state index contributed by atoms with van der Waals surface area (Å²) in [6.45, 7) is 11.0. The van der Waals surface area contributed by atoms with E-state index in [2.05, 4.69) is 15.2 Å². The smallest absolute Gasteiger partial charge is 0.341 e. The molecule has 3 rings (SSSR count). The molecule has 34 heavy (non-hydrogen) atoms. The van der Waals surface area contributed by atoms with Crippen LogP contribution in [0.5, 0.6) is 0 Å². The molecule has 2 heterocycles. The summed E-state index contributed by atoms with van der Waals surface area (Å²) in [7, 11) is 0. The maximum absolute atomic E-state index is 13.8. The van der Waals surface area contributed by atoms with Gasteiger partial charge in [-0.1, -0.05) is 27.7 Å². The van der Waals surface area contributed by atoms with Crippen molar-refractivity contribution in [3.8, 4) is 0 Å². The zero-order valence-electron chi connectivity index (χ0n) is 20.5. The van der Waals surface area contributed by atoms with Gasteiger partial charge >= 0.3 is 6.03 Å². The topological polar surface area (TPSA) is 91.0 Å². The van der Waals surface area contributed by atoms with Crippen molar-refractivity contribution in [1.82, 2.24) is 15.1 Å². The average Bonchev–Trinajstić information content (AvgIpc) is 3.33. The molecule has 0 saturated carbocycles. The van der Waals surface area contributed by atoms with Crippen molar-refractivity contribution in [2.24, 2.45) is 16.1 Å². The average molecular weight is 476 g/mol. The second kappa shape index (κ2) is 10.6. The molecule has 3 amide bonds. The van der Waals surface area contributed by atoms with E-state index in [4.69, 9.17) is 5.73 Å². The Morgan fingerprint density at radius 3 is 2.41 bits per heavy atom. The molecule has 7 nitrogen and oxygen atoms in total. The first-order valence-electron chi connectivity index (χ1n) is 11.8. The van der Waals surface area contributed by atoms with Gasteiger partial charge in [-0.3, -0.25) is 9.69 Å². The van der Waals surface area contributed by atoms with Gasteiger partial charge in [-0.2, -0.15) is 4.99 Å². The molecule has 2 saturated heterocycles. The van der Waals surface area contributed by atoms with Crippen LogP contribution in [0.15, 0.2) is 28.8 Å². The lowest BCUT2D eigenvalue weighted by Gasteiger charge is -2.33. The molecule has 0 aliphatic carbocycles. The third-order valence-corrected chi connectivity index (χ3v) is 6.43. The van der Waals surface area contributed by atoms with Crippen LogP contribution in [0.2, 0.25) is 0 Å². The van der Waals surface area contributed by atoms with E-state index >= 15 is 0 Å². The molecule has 0 bridgehead atoms. The van der Waals surface area contributed by atoms with E-state index in [9.17, 15) is 18.4 Å². The monoisotopic (exact) mass is 475 g/mol. The Bertz CT molecular complexity index is 994. The van der Waals surface area contributed by atoms with E-state index in [1.54, 1.807) is 4.90 Å². The number of piperidine rings is 1. The molecule has 0 radical (unpaired) electrons. The van der Waals surface area contributed by atoms with Crippen molar-refractivity contribution >= 4 is 23.3 Å². The summed E-state index contributed by atoms with van der Waals surface area (Å²) in [5.41, 5.74) is 7.55. The Kier molecular flexibility index (Phi) is 8.07. The number of benzene rings is 1. The number of carbonyl (C=O) groups excluding carboxylic acids is 2. The zero-order chi connectivity index (χ0) is 25.0. The van der Waals surface area contributed by atoms with Crippen LogP contribution >= 0.6 is 0 Å². The number of nitrogens with one attached hydrogen (secondary N) is 1. The van der Waals surface area contributed by atoms with Gasteiger partial charge in [0.2, 0.25) is 5.91 Å². The molecule has 3 N–H and O–H groups in total. The SMILES string of the molecule is CCN1CCC(=NC(=O)NC(C(=O)N2CCCC2)C(C)(C)C)C(=C(N)c2ccc(F)c(F)c2)C1. The summed E-state index contributed by atoms with van der Waals surface area (Å²) in [6.07, 6.45) is 2.40. The van der Waals surface area contributed by atoms with Crippen LogP contribution in [-0.4, -0.2) is 66.2 Å². The Hall–Kier alpha value is -2.81. The van der Waals surface area contributed by atoms with Gasteiger partial charge in [-0.05, 0) is 43.0 Å². The number of amides is 3. The van der Waals surface area contributed by atoms with E-state index in [1.165, 1.54) is 6.07 Å². The number of hydrogen-bond donors (Lipinski definition) is 2. The number of likely N-dealkylation sites (N-methyl/N-ethyl adjacent to an activating group) is 1. The highest BCUT2D eigenvalue weighted by molar-refractivity contribution is 6.11. The second-order valence-electron chi connectivity index (χ2n) is 9.98. The molecule has 2 aliphatic rings. The van der Waals surface area contributed by atoms with Crippen LogP contribution < -0.4 is 11.1 Å². The molecule has 0 spiro atoms. The molecule has 2 aliphatic heterocycles. The highest BCUT2D eigenvalue weighted by Crippen LogP contribution is 2.25. The van der Waals surface area contributed by atoms with Gasteiger partial charge in [0, 0.05) is 49.4 Å². The fourth-order valence-corrected chi connectivity index (χ4v) is 4.33. The summed E-state index contributed by atoms with van der Waals surface area (Å²) in [5, 5.41) is 2.82. The molecular weight excluding hydrogens is 440 g/mol. The highest BCUT2D eigenvalue weighted by Gasteiger charge is 2.36. The third kappa shape index (κ3) is 6.00. The lowest BCUT2D eigenvalue weighted by Crippen LogP contribution is -2.53. The molecular formula is C25H35F2N5O2. The minimum atomic E-state index is -0.992. The second-order valence-corrected chi connectivity index (χ2v) is 9.98. The van der Waals surface area contributed by atoms with E-state index in [-0.39, 0.29) is 11.6 Å². The number of likely N-dealkylation sites (tertiary alicyclic amines) is 2. The van der Waals surface area contributed by atoms with Gasteiger partial charge in [0.25, 0.3) is 0 Å². The number of rotatable bonds is 4. The lowest BCUT2D eigenvalue weighted by molar-refractivity contribution is -0.134. The van der Waals surface area contributed by atoms with Crippen molar-refractivity contribution in [2.45, 2.75) is 53.0 Å². The lowest BCUT2D eigenvalue weighted by atomic mass is 9.86. The summed E-state index contributed by atoms with van der Waals surface area (Å²) in [4.78, 5) is 34.3. The van der Waals surface area contributed by atoms with Crippen molar-refractivity contribution in [1.29, 1.82) is 0 Å². The first-order valence-corrected chi connectivity index (χ1v) is 11.8. The number of urea groups is 1. The summed E-state index contributed by atoms with van der Waals surface area (Å²) in [6, 6.07) is 2.16.